The van der Waals surface area contributed by atoms with Gasteiger partial charge in [0.05, 0.1) is 6.61 Å². The van der Waals surface area contributed by atoms with Gasteiger partial charge in [-0.05, 0) is 32.5 Å². The average molecular weight is 234 g/mol. The van der Waals surface area contributed by atoms with Gasteiger partial charge in [-0.2, -0.15) is 0 Å². The largest absolute Gasteiger partial charge is 0.382 e. The van der Waals surface area contributed by atoms with E-state index < -0.39 is 0 Å². The van der Waals surface area contributed by atoms with Gasteiger partial charge in [0.25, 0.3) is 0 Å². The van der Waals surface area contributed by atoms with Crippen molar-refractivity contribution in [1.29, 1.82) is 0 Å². The molecule has 0 bridgehead atoms. The third-order valence-electron chi connectivity index (χ3n) is 1.69. The van der Waals surface area contributed by atoms with Gasteiger partial charge in [-0.15, -0.1) is 0 Å². The summed E-state index contributed by atoms with van der Waals surface area (Å²) in [5.74, 6) is 0. The van der Waals surface area contributed by atoms with Gasteiger partial charge in [-0.3, -0.25) is 0 Å². The molecule has 0 fully saturated rings. The lowest BCUT2D eigenvalue weighted by molar-refractivity contribution is 0.145. The summed E-state index contributed by atoms with van der Waals surface area (Å²) in [6.07, 6.45) is 0.973. The molecule has 0 aliphatic carbocycles. The molecule has 0 aromatic rings. The molecule has 0 aromatic heterocycles. The fourth-order valence-electron chi connectivity index (χ4n) is 0.964. The van der Waals surface area contributed by atoms with E-state index in [0.29, 0.717) is 11.7 Å². The topological polar surface area (TPSA) is 42.5 Å². The Morgan fingerprint density at radius 1 is 1.00 bits per heavy atom. The summed E-state index contributed by atoms with van der Waals surface area (Å²) in [5.41, 5.74) is 0. The van der Waals surface area contributed by atoms with E-state index >= 15 is 0 Å². The highest BCUT2D eigenvalue weighted by molar-refractivity contribution is 7.80. The molecule has 2 N–H and O–H groups in total. The molecule has 0 saturated carbocycles. The Hall–Kier alpha value is -0.390. The van der Waals surface area contributed by atoms with E-state index in [1.165, 1.54) is 0 Å². The van der Waals surface area contributed by atoms with Crippen LogP contribution in [0, 0.1) is 0 Å². The number of hydrogen-bond acceptors (Lipinski definition) is 3. The van der Waals surface area contributed by atoms with Crippen LogP contribution in [0.3, 0.4) is 0 Å². The molecule has 5 heteroatoms. The van der Waals surface area contributed by atoms with Gasteiger partial charge in [-0.1, -0.05) is 0 Å². The van der Waals surface area contributed by atoms with Crippen LogP contribution in [-0.2, 0) is 9.47 Å². The highest BCUT2D eigenvalue weighted by atomic mass is 32.1. The third kappa shape index (κ3) is 11.5. The first-order valence-corrected chi connectivity index (χ1v) is 5.89. The monoisotopic (exact) mass is 234 g/mol. The summed E-state index contributed by atoms with van der Waals surface area (Å²) < 4.78 is 10.4. The molecule has 0 atom stereocenters. The number of nitrogens with one attached hydrogen (secondary N) is 2. The molecule has 0 aromatic carbocycles. The molecule has 0 amide bonds. The normalized spacial score (nSPS) is 10.0. The SMILES string of the molecule is CCOCCCNC(=S)NCCOCC. The van der Waals surface area contributed by atoms with Crippen molar-refractivity contribution in [3.63, 3.8) is 0 Å². The highest BCUT2D eigenvalue weighted by Crippen LogP contribution is 1.80. The van der Waals surface area contributed by atoms with Gasteiger partial charge in [0.1, 0.15) is 0 Å². The molecule has 0 radical (unpaired) electrons. The van der Waals surface area contributed by atoms with Crippen molar-refractivity contribution in [1.82, 2.24) is 10.6 Å². The highest BCUT2D eigenvalue weighted by Gasteiger charge is 1.93. The zero-order valence-corrected chi connectivity index (χ0v) is 10.5. The van der Waals surface area contributed by atoms with E-state index in [1.54, 1.807) is 0 Å². The maximum absolute atomic E-state index is 5.20. The van der Waals surface area contributed by atoms with Crippen LogP contribution in [0.1, 0.15) is 20.3 Å². The van der Waals surface area contributed by atoms with Crippen LogP contribution in [0.2, 0.25) is 0 Å². The lowest BCUT2D eigenvalue weighted by Crippen LogP contribution is -2.37. The zero-order valence-electron chi connectivity index (χ0n) is 9.67. The van der Waals surface area contributed by atoms with E-state index in [2.05, 4.69) is 10.6 Å². The van der Waals surface area contributed by atoms with E-state index in [-0.39, 0.29) is 0 Å². The molecule has 90 valence electrons. The van der Waals surface area contributed by atoms with Crippen molar-refractivity contribution in [2.45, 2.75) is 20.3 Å². The van der Waals surface area contributed by atoms with Gasteiger partial charge < -0.3 is 20.1 Å². The van der Waals surface area contributed by atoms with E-state index in [0.717, 1.165) is 39.3 Å². The smallest absolute Gasteiger partial charge is 0.166 e. The second-order valence-electron chi connectivity index (χ2n) is 2.93. The van der Waals surface area contributed by atoms with Crippen LogP contribution >= 0.6 is 12.2 Å². The van der Waals surface area contributed by atoms with Gasteiger partial charge in [0.15, 0.2) is 5.11 Å². The van der Waals surface area contributed by atoms with Crippen LogP contribution in [0.4, 0.5) is 0 Å². The molecule has 4 nitrogen and oxygen atoms in total. The summed E-state index contributed by atoms with van der Waals surface area (Å²) in [5, 5.41) is 6.85. The summed E-state index contributed by atoms with van der Waals surface area (Å²) in [6.45, 7) is 8.57. The Labute approximate surface area is 97.7 Å². The minimum atomic E-state index is 0.686. The minimum Gasteiger partial charge on any atom is -0.382 e. The predicted octanol–water partition coefficient (Wildman–Crippen LogP) is 0.914. The molecule has 0 aliphatic heterocycles. The van der Waals surface area contributed by atoms with Crippen molar-refractivity contribution in [3.8, 4) is 0 Å². The van der Waals surface area contributed by atoms with Crippen LogP contribution in [0.5, 0.6) is 0 Å². The molecule has 0 unspecified atom stereocenters. The average Bonchev–Trinajstić information content (AvgIpc) is 2.24. The third-order valence-corrected chi connectivity index (χ3v) is 1.98. The van der Waals surface area contributed by atoms with Gasteiger partial charge in [-0.25, -0.2) is 0 Å². The lowest BCUT2D eigenvalue weighted by Gasteiger charge is -2.10. The van der Waals surface area contributed by atoms with Gasteiger partial charge >= 0.3 is 0 Å². The van der Waals surface area contributed by atoms with E-state index in [1.807, 2.05) is 13.8 Å². The van der Waals surface area contributed by atoms with Crippen molar-refractivity contribution < 1.29 is 9.47 Å². The quantitative estimate of drug-likeness (QED) is 0.458. The minimum absolute atomic E-state index is 0.686. The summed E-state index contributed by atoms with van der Waals surface area (Å²) in [4.78, 5) is 0. The van der Waals surface area contributed by atoms with E-state index in [4.69, 9.17) is 21.7 Å². The van der Waals surface area contributed by atoms with Crippen molar-refractivity contribution >= 4 is 17.3 Å². The van der Waals surface area contributed by atoms with Crippen molar-refractivity contribution in [2.75, 3.05) is 39.5 Å². The molecule has 15 heavy (non-hydrogen) atoms. The molecule has 0 rings (SSSR count). The fourth-order valence-corrected chi connectivity index (χ4v) is 1.17. The second kappa shape index (κ2) is 11.7. The standard InChI is InChI=1S/C10H22N2O2S/c1-3-13-8-5-6-11-10(15)12-7-9-14-4-2/h3-9H2,1-2H3,(H2,11,12,15). The molecule has 0 aliphatic rings. The maximum Gasteiger partial charge on any atom is 0.166 e. The Morgan fingerprint density at radius 2 is 1.60 bits per heavy atom. The lowest BCUT2D eigenvalue weighted by atomic mass is 10.4. The Balaban J connectivity index is 3.11. The maximum atomic E-state index is 5.20. The van der Waals surface area contributed by atoms with Gasteiger partial charge in [0, 0.05) is 32.9 Å². The first-order valence-electron chi connectivity index (χ1n) is 5.48. The van der Waals surface area contributed by atoms with E-state index in [9.17, 15) is 0 Å². The van der Waals surface area contributed by atoms with Crippen molar-refractivity contribution in [3.05, 3.63) is 0 Å². The number of thiocarbonyl (C=S) groups is 1. The second-order valence-corrected chi connectivity index (χ2v) is 3.34. The molecule has 0 heterocycles. The Kier molecular flexibility index (Phi) is 11.4. The van der Waals surface area contributed by atoms with Crippen LogP contribution in [0.25, 0.3) is 0 Å². The Morgan fingerprint density at radius 3 is 2.27 bits per heavy atom. The summed E-state index contributed by atoms with van der Waals surface area (Å²) in [6, 6.07) is 0. The predicted molar refractivity (Wildman–Crippen MR) is 66.2 cm³/mol. The van der Waals surface area contributed by atoms with Crippen LogP contribution < -0.4 is 10.6 Å². The van der Waals surface area contributed by atoms with Crippen LogP contribution in [-0.4, -0.2) is 44.6 Å². The fraction of sp³-hybridized carbons (Fsp3) is 0.900. The number of rotatable bonds is 9. The number of hydrogen-bond donors (Lipinski definition) is 2. The molecule has 0 spiro atoms. The molecular formula is C10H22N2O2S. The molecular weight excluding hydrogens is 212 g/mol. The summed E-state index contributed by atoms with van der Waals surface area (Å²) in [7, 11) is 0. The molecule has 0 saturated heterocycles. The van der Waals surface area contributed by atoms with Crippen LogP contribution in [0.15, 0.2) is 0 Å². The Bertz CT molecular complexity index is 156. The first-order chi connectivity index (χ1) is 7.31. The zero-order chi connectivity index (χ0) is 11.4. The number of ether oxygens (including phenoxy) is 2. The summed E-state index contributed by atoms with van der Waals surface area (Å²) >= 11 is 5.06. The van der Waals surface area contributed by atoms with Gasteiger partial charge in [0.2, 0.25) is 0 Å². The van der Waals surface area contributed by atoms with Crippen molar-refractivity contribution in [2.24, 2.45) is 0 Å². The first kappa shape index (κ1) is 14.6.